The van der Waals surface area contributed by atoms with E-state index < -0.39 is 5.41 Å². The molecule has 0 aliphatic carbocycles. The first-order valence-electron chi connectivity index (χ1n) is 16.2. The molecule has 0 saturated heterocycles. The summed E-state index contributed by atoms with van der Waals surface area (Å²) in [6.07, 6.45) is 4.06. The van der Waals surface area contributed by atoms with Crippen LogP contribution in [0.25, 0.3) is 5.69 Å². The third-order valence-corrected chi connectivity index (χ3v) is 9.70. The van der Waals surface area contributed by atoms with Gasteiger partial charge in [-0.2, -0.15) is 0 Å². The Kier molecular flexibility index (Phi) is 8.57. The van der Waals surface area contributed by atoms with E-state index in [9.17, 15) is 5.11 Å². The maximum absolute atomic E-state index is 10.6. The number of rotatable bonds is 9. The van der Waals surface area contributed by atoms with Gasteiger partial charge in [-0.3, -0.25) is 4.98 Å². The molecular weight excluding hydrogens is 550 g/mol. The lowest BCUT2D eigenvalue weighted by Gasteiger charge is -2.32. The van der Waals surface area contributed by atoms with Crippen LogP contribution in [0.1, 0.15) is 126 Å². The van der Waals surface area contributed by atoms with Crippen molar-refractivity contribution in [1.82, 2.24) is 14.5 Å². The fourth-order valence-corrected chi connectivity index (χ4v) is 6.58. The molecule has 2 aromatic heterocycles. The van der Waals surface area contributed by atoms with Crippen LogP contribution in [0.5, 0.6) is 5.75 Å². The van der Waals surface area contributed by atoms with Gasteiger partial charge in [-0.1, -0.05) is 122 Å². The van der Waals surface area contributed by atoms with Crippen molar-refractivity contribution in [3.63, 3.8) is 0 Å². The first-order chi connectivity index (χ1) is 21.2. The summed E-state index contributed by atoms with van der Waals surface area (Å²) in [6, 6.07) is 29.4. The predicted octanol–water partition coefficient (Wildman–Crippen LogP) is 10.2. The summed E-state index contributed by atoms with van der Waals surface area (Å²) in [4.78, 5) is 10.2. The smallest absolute Gasteiger partial charge is 0.123 e. The Labute approximate surface area is 270 Å². The summed E-state index contributed by atoms with van der Waals surface area (Å²) in [7, 11) is 0. The number of hydrogen-bond donors (Lipinski definition) is 1. The van der Waals surface area contributed by atoms with Gasteiger partial charge in [0.1, 0.15) is 11.6 Å². The van der Waals surface area contributed by atoms with Crippen LogP contribution in [0, 0.1) is 0 Å². The predicted molar refractivity (Wildman–Crippen MR) is 187 cm³/mol. The summed E-state index contributed by atoms with van der Waals surface area (Å²) >= 11 is 0. The van der Waals surface area contributed by atoms with Crippen molar-refractivity contribution in [3.05, 3.63) is 142 Å². The maximum atomic E-state index is 10.6. The average Bonchev–Trinajstić information content (AvgIpc) is 3.52. The van der Waals surface area contributed by atoms with Crippen molar-refractivity contribution in [3.8, 4) is 11.4 Å². The monoisotopic (exact) mass is 599 g/mol. The Bertz CT molecular complexity index is 1780. The third-order valence-electron chi connectivity index (χ3n) is 9.70. The van der Waals surface area contributed by atoms with Gasteiger partial charge in [-0.25, -0.2) is 4.98 Å². The van der Waals surface area contributed by atoms with E-state index in [1.165, 1.54) is 27.9 Å². The number of nitrogens with zero attached hydrogens (tertiary/aromatic N) is 3. The SMILES string of the molecule is CC(C)c1cccc(C(C)C)c1-n1ccnc1C(C)(C)c1cccc(C(C)(C)c2cccc(C(C)(C)c3ccccc3O)n2)c1. The van der Waals surface area contributed by atoms with E-state index >= 15 is 0 Å². The molecule has 0 aliphatic heterocycles. The van der Waals surface area contributed by atoms with Gasteiger partial charge in [0, 0.05) is 34.2 Å². The molecular formula is C41H49N3O. The molecule has 0 saturated carbocycles. The second-order valence-corrected chi connectivity index (χ2v) is 14.6. The Hall–Kier alpha value is -4.18. The lowest BCUT2D eigenvalue weighted by atomic mass is 9.76. The van der Waals surface area contributed by atoms with Crippen LogP contribution in [0.4, 0.5) is 0 Å². The summed E-state index contributed by atoms with van der Waals surface area (Å²) in [5, 5.41) is 10.6. The molecule has 45 heavy (non-hydrogen) atoms. The van der Waals surface area contributed by atoms with Crippen molar-refractivity contribution in [2.45, 2.75) is 97.3 Å². The summed E-state index contributed by atoms with van der Waals surface area (Å²) in [6.45, 7) is 22.3. The molecule has 0 atom stereocenters. The summed E-state index contributed by atoms with van der Waals surface area (Å²) < 4.78 is 2.33. The van der Waals surface area contributed by atoms with E-state index in [4.69, 9.17) is 9.97 Å². The number of hydrogen-bond acceptors (Lipinski definition) is 3. The molecule has 234 valence electrons. The van der Waals surface area contributed by atoms with Crippen LogP contribution in [-0.2, 0) is 16.2 Å². The highest BCUT2D eigenvalue weighted by atomic mass is 16.3. The highest BCUT2D eigenvalue weighted by Crippen LogP contribution is 2.40. The number of benzene rings is 3. The van der Waals surface area contributed by atoms with Gasteiger partial charge in [0.25, 0.3) is 0 Å². The number of aromatic nitrogens is 3. The maximum Gasteiger partial charge on any atom is 0.123 e. The number of pyridine rings is 1. The average molecular weight is 600 g/mol. The van der Waals surface area contributed by atoms with Crippen molar-refractivity contribution >= 4 is 0 Å². The van der Waals surface area contributed by atoms with Crippen molar-refractivity contribution in [1.29, 1.82) is 0 Å². The zero-order chi connectivity index (χ0) is 32.7. The Morgan fingerprint density at radius 2 is 1.16 bits per heavy atom. The molecule has 4 nitrogen and oxygen atoms in total. The lowest BCUT2D eigenvalue weighted by molar-refractivity contribution is 0.450. The fourth-order valence-electron chi connectivity index (χ4n) is 6.58. The second kappa shape index (κ2) is 12.0. The van der Waals surface area contributed by atoms with E-state index in [2.05, 4.69) is 141 Å². The van der Waals surface area contributed by atoms with Crippen molar-refractivity contribution in [2.24, 2.45) is 0 Å². The van der Waals surface area contributed by atoms with Crippen molar-refractivity contribution < 1.29 is 5.11 Å². The van der Waals surface area contributed by atoms with E-state index in [-0.39, 0.29) is 10.8 Å². The van der Waals surface area contributed by atoms with Gasteiger partial charge in [-0.15, -0.1) is 0 Å². The van der Waals surface area contributed by atoms with Gasteiger partial charge >= 0.3 is 0 Å². The number of para-hydroxylation sites is 2. The normalized spacial score (nSPS) is 12.7. The van der Waals surface area contributed by atoms with Crippen LogP contribution in [-0.4, -0.2) is 19.6 Å². The summed E-state index contributed by atoms with van der Waals surface area (Å²) in [5.74, 6) is 2.09. The molecule has 0 bridgehead atoms. The van der Waals surface area contributed by atoms with Gasteiger partial charge in [0.15, 0.2) is 0 Å². The molecule has 0 amide bonds. The fraction of sp³-hybridized carbons (Fsp3) is 0.366. The Morgan fingerprint density at radius 3 is 1.76 bits per heavy atom. The first kappa shape index (κ1) is 32.2. The van der Waals surface area contributed by atoms with Crippen molar-refractivity contribution in [2.75, 3.05) is 0 Å². The lowest BCUT2D eigenvalue weighted by Crippen LogP contribution is -2.28. The number of aromatic hydroxyl groups is 1. The third kappa shape index (κ3) is 5.83. The molecule has 5 aromatic rings. The zero-order valence-corrected chi connectivity index (χ0v) is 28.7. The number of phenolic OH excluding ortho intramolecular Hbond substituents is 1. The van der Waals surface area contributed by atoms with E-state index in [1.807, 2.05) is 24.4 Å². The molecule has 0 radical (unpaired) electrons. The van der Waals surface area contributed by atoms with Crippen LogP contribution >= 0.6 is 0 Å². The molecule has 4 heteroatoms. The van der Waals surface area contributed by atoms with Gasteiger partial charge in [-0.05, 0) is 66.1 Å². The largest absolute Gasteiger partial charge is 0.508 e. The molecule has 1 N–H and O–H groups in total. The Morgan fingerprint density at radius 1 is 0.622 bits per heavy atom. The molecule has 0 spiro atoms. The highest BCUT2D eigenvalue weighted by Gasteiger charge is 2.34. The molecule has 0 aliphatic rings. The number of imidazole rings is 1. The minimum atomic E-state index is -0.459. The first-order valence-corrected chi connectivity index (χ1v) is 16.2. The van der Waals surface area contributed by atoms with Gasteiger partial charge in [0.05, 0.1) is 17.1 Å². The van der Waals surface area contributed by atoms with Gasteiger partial charge in [0.2, 0.25) is 0 Å². The molecule has 0 fully saturated rings. The van der Waals surface area contributed by atoms with Gasteiger partial charge < -0.3 is 9.67 Å². The topological polar surface area (TPSA) is 50.9 Å². The van der Waals surface area contributed by atoms with Crippen LogP contribution in [0.15, 0.2) is 97.3 Å². The molecule has 3 aromatic carbocycles. The Balaban J connectivity index is 1.57. The second-order valence-electron chi connectivity index (χ2n) is 14.6. The van der Waals surface area contributed by atoms with Crippen LogP contribution < -0.4 is 0 Å². The quantitative estimate of drug-likeness (QED) is 0.183. The molecule has 2 heterocycles. The number of phenols is 1. The highest BCUT2D eigenvalue weighted by molar-refractivity contribution is 5.53. The minimum absolute atomic E-state index is 0.291. The van der Waals surface area contributed by atoms with E-state index in [0.29, 0.717) is 17.6 Å². The van der Waals surface area contributed by atoms with E-state index in [1.54, 1.807) is 6.07 Å². The summed E-state index contributed by atoms with van der Waals surface area (Å²) in [5.41, 5.74) is 7.94. The molecule has 0 unspecified atom stereocenters. The van der Waals surface area contributed by atoms with Crippen LogP contribution in [0.3, 0.4) is 0 Å². The standard InChI is InChI=1S/C41H49N3O/c1-27(2)31-18-14-19-32(28(3)4)37(31)44-25-24-42-38(44)40(7,8)30-17-13-16-29(26-30)39(5,6)35-22-15-23-36(43-35)41(9,10)33-20-11-12-21-34(33)45/h11-28,45H,1-10H3. The minimum Gasteiger partial charge on any atom is -0.508 e. The zero-order valence-electron chi connectivity index (χ0n) is 28.7. The molecule has 5 rings (SSSR count). The van der Waals surface area contributed by atoms with Crippen LogP contribution in [0.2, 0.25) is 0 Å². The van der Waals surface area contributed by atoms with E-state index in [0.717, 1.165) is 22.8 Å².